The number of hydrogen-bond donors (Lipinski definition) is 3. The minimum atomic E-state index is -0.168. The van der Waals surface area contributed by atoms with Crippen LogP contribution in [0.2, 0.25) is 0 Å². The van der Waals surface area contributed by atoms with E-state index in [1.54, 1.807) is 11.2 Å². The van der Waals surface area contributed by atoms with Gasteiger partial charge in [0.05, 0.1) is 11.2 Å². The number of carbonyl (C=O) groups excluding carboxylic acids is 1. The molecule has 0 saturated carbocycles. The molecular formula is C18H40N8O. The quantitative estimate of drug-likeness (QED) is 0.250. The van der Waals surface area contributed by atoms with Crippen molar-refractivity contribution in [3.05, 3.63) is 24.2 Å². The molecule has 0 aliphatic heterocycles. The Balaban J connectivity index is 0. The summed E-state index contributed by atoms with van der Waals surface area (Å²) in [6.07, 6.45) is 2.41. The van der Waals surface area contributed by atoms with Gasteiger partial charge in [0.15, 0.2) is 0 Å². The number of hydrazine groups is 1. The van der Waals surface area contributed by atoms with Crippen LogP contribution in [0.4, 0.5) is 0 Å². The maximum absolute atomic E-state index is 9.05. The molecule has 0 spiro atoms. The van der Waals surface area contributed by atoms with E-state index in [4.69, 9.17) is 16.4 Å². The van der Waals surface area contributed by atoms with E-state index in [9.17, 15) is 0 Å². The smallest absolute Gasteiger partial charge is 0.133 e. The van der Waals surface area contributed by atoms with Crippen molar-refractivity contribution in [1.29, 1.82) is 0 Å². The molecule has 9 nitrogen and oxygen atoms in total. The van der Waals surface area contributed by atoms with Gasteiger partial charge in [-0.15, -0.1) is 5.11 Å². The predicted octanol–water partition coefficient (Wildman–Crippen LogP) is 1.45. The summed E-state index contributed by atoms with van der Waals surface area (Å²) in [6, 6.07) is 0. The van der Waals surface area contributed by atoms with Gasteiger partial charge in [-0.25, -0.2) is 5.84 Å². The second kappa shape index (κ2) is 12.4. The Morgan fingerprint density at radius 2 is 1.56 bits per heavy atom. The van der Waals surface area contributed by atoms with Crippen molar-refractivity contribution < 1.29 is 4.79 Å². The standard InChI is InChI=1S/C16H35N7.C2H5NO/c1-13(19-20-22(9)15(2,3)4)10-21(8)11-14(17)12-23(18)16(5,6)7;3-1-2-4/h12H,1,10-11,17-18H2,2-9H3;2H,1,3H2/b14-12-,20-19?;. The maximum atomic E-state index is 9.05. The lowest BCUT2D eigenvalue weighted by atomic mass is 10.1. The molecule has 0 amide bonds. The lowest BCUT2D eigenvalue weighted by molar-refractivity contribution is -0.106. The molecule has 0 radical (unpaired) electrons. The fraction of sp³-hybridized carbons (Fsp3) is 0.722. The Morgan fingerprint density at radius 3 is 1.93 bits per heavy atom. The first-order chi connectivity index (χ1) is 12.1. The van der Waals surface area contributed by atoms with Gasteiger partial charge in [0, 0.05) is 44.1 Å². The largest absolute Gasteiger partial charge is 0.400 e. The minimum Gasteiger partial charge on any atom is -0.400 e. The molecule has 0 bridgehead atoms. The van der Waals surface area contributed by atoms with Gasteiger partial charge in [-0.05, 0) is 48.6 Å². The Morgan fingerprint density at radius 1 is 1.07 bits per heavy atom. The first kappa shape index (κ1) is 27.3. The van der Waals surface area contributed by atoms with Crippen LogP contribution in [0.3, 0.4) is 0 Å². The van der Waals surface area contributed by atoms with Crippen LogP contribution in [-0.2, 0) is 4.79 Å². The van der Waals surface area contributed by atoms with E-state index in [0.717, 1.165) is 0 Å². The number of nitrogens with two attached hydrogens (primary N) is 3. The number of rotatable bonds is 8. The highest BCUT2D eigenvalue weighted by Crippen LogP contribution is 2.12. The molecule has 9 heteroatoms. The van der Waals surface area contributed by atoms with Crippen molar-refractivity contribution in [2.24, 2.45) is 27.6 Å². The monoisotopic (exact) mass is 384 g/mol. The second-order valence-electron chi connectivity index (χ2n) is 8.31. The normalized spacial score (nSPS) is 12.6. The van der Waals surface area contributed by atoms with Gasteiger partial charge in [0.1, 0.15) is 6.29 Å². The third-order valence-electron chi connectivity index (χ3n) is 3.37. The fourth-order valence-electron chi connectivity index (χ4n) is 1.39. The van der Waals surface area contributed by atoms with E-state index >= 15 is 0 Å². The number of aldehydes is 1. The first-order valence-electron chi connectivity index (χ1n) is 8.80. The molecule has 0 aromatic rings. The molecule has 0 saturated heterocycles. The van der Waals surface area contributed by atoms with Crippen molar-refractivity contribution >= 4 is 6.29 Å². The van der Waals surface area contributed by atoms with E-state index < -0.39 is 0 Å². The van der Waals surface area contributed by atoms with Crippen molar-refractivity contribution in [3.63, 3.8) is 0 Å². The Labute approximate surface area is 164 Å². The van der Waals surface area contributed by atoms with Crippen LogP contribution in [0.15, 0.2) is 34.5 Å². The summed E-state index contributed by atoms with van der Waals surface area (Å²) in [6.45, 7) is 17.5. The van der Waals surface area contributed by atoms with Gasteiger partial charge in [0.2, 0.25) is 0 Å². The molecule has 0 unspecified atom stereocenters. The molecule has 0 aromatic carbocycles. The summed E-state index contributed by atoms with van der Waals surface area (Å²) in [5, 5.41) is 11.7. The van der Waals surface area contributed by atoms with Gasteiger partial charge in [-0.2, -0.15) is 0 Å². The van der Waals surface area contributed by atoms with Crippen LogP contribution in [-0.4, -0.2) is 66.0 Å². The molecule has 158 valence electrons. The third-order valence-corrected chi connectivity index (χ3v) is 3.37. The summed E-state index contributed by atoms with van der Waals surface area (Å²) >= 11 is 0. The fourth-order valence-corrected chi connectivity index (χ4v) is 1.39. The number of likely N-dealkylation sites (N-methyl/N-ethyl adjacent to an activating group) is 1. The summed E-state index contributed by atoms with van der Waals surface area (Å²) in [7, 11) is 3.84. The van der Waals surface area contributed by atoms with Crippen LogP contribution in [0.5, 0.6) is 0 Å². The van der Waals surface area contributed by atoms with Gasteiger partial charge >= 0.3 is 0 Å². The highest BCUT2D eigenvalue weighted by Gasteiger charge is 2.16. The van der Waals surface area contributed by atoms with E-state index in [-0.39, 0.29) is 17.6 Å². The van der Waals surface area contributed by atoms with E-state index in [0.29, 0.717) is 30.8 Å². The zero-order valence-corrected chi connectivity index (χ0v) is 18.4. The average molecular weight is 385 g/mol. The Kier molecular flexibility index (Phi) is 12.5. The van der Waals surface area contributed by atoms with E-state index in [2.05, 4.69) is 43.4 Å². The highest BCUT2D eigenvalue weighted by atomic mass is 16.1. The SMILES string of the molecule is C=C(CN(C)C/C(N)=C/N(N)C(C)(C)C)N=NN(C)C(C)(C)C.NCC=O. The summed E-state index contributed by atoms with van der Waals surface area (Å²) in [4.78, 5) is 11.1. The lowest BCUT2D eigenvalue weighted by Crippen LogP contribution is -2.43. The summed E-state index contributed by atoms with van der Waals surface area (Å²) in [5.74, 6) is 5.95. The third kappa shape index (κ3) is 14.8. The molecule has 0 aromatic heterocycles. The van der Waals surface area contributed by atoms with Crippen LogP contribution in [0.25, 0.3) is 0 Å². The Hall–Kier alpha value is -1.97. The van der Waals surface area contributed by atoms with Crippen LogP contribution in [0.1, 0.15) is 41.5 Å². The molecule has 0 aliphatic rings. The van der Waals surface area contributed by atoms with Gasteiger partial charge in [-0.1, -0.05) is 11.8 Å². The first-order valence-corrected chi connectivity index (χ1v) is 8.80. The molecule has 0 rings (SSSR count). The molecular weight excluding hydrogens is 344 g/mol. The average Bonchev–Trinajstić information content (AvgIpc) is 2.50. The predicted molar refractivity (Wildman–Crippen MR) is 112 cm³/mol. The minimum absolute atomic E-state index is 0.0691. The molecule has 6 N–H and O–H groups in total. The van der Waals surface area contributed by atoms with E-state index in [1.807, 2.05) is 44.8 Å². The zero-order chi connectivity index (χ0) is 21.8. The summed E-state index contributed by atoms with van der Waals surface area (Å²) < 4.78 is 0. The zero-order valence-electron chi connectivity index (χ0n) is 18.4. The topological polar surface area (TPSA) is 130 Å². The van der Waals surface area contributed by atoms with Gasteiger partial charge in [-0.3, -0.25) is 9.91 Å². The van der Waals surface area contributed by atoms with Crippen molar-refractivity contribution in [3.8, 4) is 0 Å². The Bertz CT molecular complexity index is 502. The van der Waals surface area contributed by atoms with Crippen molar-refractivity contribution in [2.75, 3.05) is 33.7 Å². The number of hydrogen-bond acceptors (Lipinski definition) is 8. The van der Waals surface area contributed by atoms with Crippen LogP contribution < -0.4 is 17.3 Å². The van der Waals surface area contributed by atoms with Gasteiger partial charge in [0.25, 0.3) is 0 Å². The highest BCUT2D eigenvalue weighted by molar-refractivity contribution is 5.51. The second-order valence-corrected chi connectivity index (χ2v) is 8.31. The molecule has 0 aliphatic carbocycles. The van der Waals surface area contributed by atoms with E-state index in [1.165, 1.54) is 0 Å². The van der Waals surface area contributed by atoms with Crippen molar-refractivity contribution in [1.82, 2.24) is 14.9 Å². The molecule has 0 fully saturated rings. The maximum Gasteiger partial charge on any atom is 0.133 e. The van der Waals surface area contributed by atoms with Crippen molar-refractivity contribution in [2.45, 2.75) is 52.6 Å². The van der Waals surface area contributed by atoms with Crippen LogP contribution in [0, 0.1) is 0 Å². The molecule has 0 heterocycles. The van der Waals surface area contributed by atoms with Gasteiger partial charge < -0.3 is 21.3 Å². The summed E-state index contributed by atoms with van der Waals surface area (Å²) in [5.41, 5.74) is 11.8. The molecule has 27 heavy (non-hydrogen) atoms. The van der Waals surface area contributed by atoms with Crippen LogP contribution >= 0.6 is 0 Å². The number of nitrogens with zero attached hydrogens (tertiary/aromatic N) is 5. The lowest BCUT2D eigenvalue weighted by Gasteiger charge is -2.30. The molecule has 0 atom stereocenters. The number of carbonyl (C=O) groups is 1.